The maximum Gasteiger partial charge on any atom is 0.238 e. The molecule has 0 saturated carbocycles. The highest BCUT2D eigenvalue weighted by Crippen LogP contribution is 2.22. The molecule has 1 fully saturated rings. The largest absolute Gasteiger partial charge is 0.373 e. The molecule has 0 aromatic heterocycles. The lowest BCUT2D eigenvalue weighted by molar-refractivity contribution is -0.121. The summed E-state index contributed by atoms with van der Waals surface area (Å²) in [6.07, 6.45) is 0.323. The highest BCUT2D eigenvalue weighted by atomic mass is 35.5. The molecule has 0 bridgehead atoms. The number of hydrogen-bond donors (Lipinski definition) is 1. The summed E-state index contributed by atoms with van der Waals surface area (Å²) in [7, 11) is 0. The number of aryl methyl sites for hydroxylation is 1. The average molecular weight is 297 g/mol. The Bertz CT molecular complexity index is 483. The van der Waals surface area contributed by atoms with Crippen LogP contribution in [0.1, 0.15) is 19.4 Å². The standard InChI is InChI=1S/C15H21ClN2O2/c1-10-4-5-14(13(16)6-10)17-15(19)9-18-7-11(2)20-12(3)8-18/h4-6,11-12H,7-9H2,1-3H3,(H,17,19)/t11-,12-/m0/s1. The Morgan fingerprint density at radius 2 is 2.05 bits per heavy atom. The molecule has 1 aromatic carbocycles. The molecule has 4 nitrogen and oxygen atoms in total. The molecule has 2 atom stereocenters. The van der Waals surface area contributed by atoms with E-state index in [0.29, 0.717) is 17.3 Å². The lowest BCUT2D eigenvalue weighted by Gasteiger charge is -2.34. The number of nitrogens with zero attached hydrogens (tertiary/aromatic N) is 1. The molecule has 0 spiro atoms. The Labute approximate surface area is 125 Å². The molecular weight excluding hydrogens is 276 g/mol. The van der Waals surface area contributed by atoms with E-state index in [9.17, 15) is 4.79 Å². The topological polar surface area (TPSA) is 41.6 Å². The number of benzene rings is 1. The third-order valence-corrected chi connectivity index (χ3v) is 3.57. The predicted octanol–water partition coefficient (Wildman–Crippen LogP) is 2.70. The van der Waals surface area contributed by atoms with Crippen molar-refractivity contribution in [3.05, 3.63) is 28.8 Å². The SMILES string of the molecule is Cc1ccc(NC(=O)CN2C[C@H](C)O[C@@H](C)C2)c(Cl)c1. The molecular formula is C15H21ClN2O2. The van der Waals surface area contributed by atoms with Crippen molar-refractivity contribution in [1.29, 1.82) is 0 Å². The smallest absolute Gasteiger partial charge is 0.238 e. The quantitative estimate of drug-likeness (QED) is 0.932. The highest BCUT2D eigenvalue weighted by Gasteiger charge is 2.23. The molecule has 20 heavy (non-hydrogen) atoms. The van der Waals surface area contributed by atoms with Crippen molar-refractivity contribution in [3.63, 3.8) is 0 Å². The lowest BCUT2D eigenvalue weighted by Crippen LogP contribution is -2.48. The summed E-state index contributed by atoms with van der Waals surface area (Å²) >= 11 is 6.11. The van der Waals surface area contributed by atoms with Crippen molar-refractivity contribution in [2.75, 3.05) is 25.0 Å². The number of anilines is 1. The van der Waals surface area contributed by atoms with Gasteiger partial charge in [0.15, 0.2) is 0 Å². The molecule has 1 aliphatic rings. The van der Waals surface area contributed by atoms with Crippen LogP contribution < -0.4 is 5.32 Å². The summed E-state index contributed by atoms with van der Waals surface area (Å²) in [5.41, 5.74) is 1.74. The molecule has 0 unspecified atom stereocenters. The van der Waals surface area contributed by atoms with Crippen LogP contribution in [0, 0.1) is 6.92 Å². The van der Waals surface area contributed by atoms with E-state index in [1.54, 1.807) is 0 Å². The van der Waals surface area contributed by atoms with Crippen LogP contribution in [0.3, 0.4) is 0 Å². The van der Waals surface area contributed by atoms with Gasteiger partial charge in [0.25, 0.3) is 0 Å². The van der Waals surface area contributed by atoms with Crippen LogP contribution in [0.15, 0.2) is 18.2 Å². The molecule has 0 aliphatic carbocycles. The minimum absolute atomic E-state index is 0.0444. The van der Waals surface area contributed by atoms with Crippen LogP contribution in [0.2, 0.25) is 5.02 Å². The number of halogens is 1. The first-order chi connectivity index (χ1) is 9.44. The van der Waals surface area contributed by atoms with Gasteiger partial charge >= 0.3 is 0 Å². The number of morpholine rings is 1. The van der Waals surface area contributed by atoms with Gasteiger partial charge < -0.3 is 10.1 Å². The third-order valence-electron chi connectivity index (χ3n) is 3.26. The molecule has 110 valence electrons. The number of ether oxygens (including phenoxy) is 1. The summed E-state index contributed by atoms with van der Waals surface area (Å²) in [4.78, 5) is 14.2. The highest BCUT2D eigenvalue weighted by molar-refractivity contribution is 6.33. The average Bonchev–Trinajstić information content (AvgIpc) is 2.31. The number of carbonyl (C=O) groups is 1. The van der Waals surface area contributed by atoms with Gasteiger partial charge in [0.05, 0.1) is 29.5 Å². The van der Waals surface area contributed by atoms with E-state index in [4.69, 9.17) is 16.3 Å². The van der Waals surface area contributed by atoms with Gasteiger partial charge in [-0.05, 0) is 38.5 Å². The normalized spacial score (nSPS) is 23.6. The Kier molecular flexibility index (Phi) is 5.02. The molecule has 2 rings (SSSR count). The summed E-state index contributed by atoms with van der Waals surface area (Å²) in [6.45, 7) is 7.93. The summed E-state index contributed by atoms with van der Waals surface area (Å²) in [5.74, 6) is -0.0444. The van der Waals surface area contributed by atoms with Crippen LogP contribution in [0.25, 0.3) is 0 Å². The van der Waals surface area contributed by atoms with Crippen molar-refractivity contribution in [1.82, 2.24) is 4.90 Å². The van der Waals surface area contributed by atoms with Crippen LogP contribution in [0.5, 0.6) is 0 Å². The zero-order valence-electron chi connectivity index (χ0n) is 12.1. The van der Waals surface area contributed by atoms with Gasteiger partial charge in [-0.1, -0.05) is 17.7 Å². The van der Waals surface area contributed by atoms with Crippen molar-refractivity contribution in [3.8, 4) is 0 Å². The van der Waals surface area contributed by atoms with Crippen molar-refractivity contribution >= 4 is 23.2 Å². The zero-order valence-corrected chi connectivity index (χ0v) is 12.9. The van der Waals surface area contributed by atoms with E-state index in [-0.39, 0.29) is 18.1 Å². The third kappa shape index (κ3) is 4.20. The fourth-order valence-corrected chi connectivity index (χ4v) is 2.81. The molecule has 1 aromatic rings. The maximum atomic E-state index is 12.1. The first-order valence-corrected chi connectivity index (χ1v) is 7.25. The van der Waals surface area contributed by atoms with Crippen LogP contribution in [-0.4, -0.2) is 42.6 Å². The second kappa shape index (κ2) is 6.57. The monoisotopic (exact) mass is 296 g/mol. The molecule has 1 amide bonds. The van der Waals surface area contributed by atoms with Gasteiger partial charge in [-0.25, -0.2) is 0 Å². The van der Waals surface area contributed by atoms with E-state index in [2.05, 4.69) is 10.2 Å². The van der Waals surface area contributed by atoms with E-state index < -0.39 is 0 Å². The van der Waals surface area contributed by atoms with Gasteiger partial charge in [0.2, 0.25) is 5.91 Å². The number of amides is 1. The van der Waals surface area contributed by atoms with E-state index in [0.717, 1.165) is 18.7 Å². The lowest BCUT2D eigenvalue weighted by atomic mass is 10.2. The van der Waals surface area contributed by atoms with Gasteiger partial charge in [-0.3, -0.25) is 9.69 Å². The van der Waals surface area contributed by atoms with Crippen LogP contribution >= 0.6 is 11.6 Å². The van der Waals surface area contributed by atoms with Gasteiger partial charge in [0, 0.05) is 13.1 Å². The summed E-state index contributed by atoms with van der Waals surface area (Å²) in [5, 5.41) is 3.43. The van der Waals surface area contributed by atoms with E-state index in [1.165, 1.54) is 0 Å². The second-order valence-corrected chi connectivity index (χ2v) is 5.89. The van der Waals surface area contributed by atoms with Gasteiger partial charge in [0.1, 0.15) is 0 Å². The summed E-state index contributed by atoms with van der Waals surface area (Å²) < 4.78 is 5.65. The molecule has 0 radical (unpaired) electrons. The Morgan fingerprint density at radius 1 is 1.40 bits per heavy atom. The zero-order chi connectivity index (χ0) is 14.7. The van der Waals surface area contributed by atoms with Crippen LogP contribution in [0.4, 0.5) is 5.69 Å². The Hall–Kier alpha value is -1.10. The van der Waals surface area contributed by atoms with Gasteiger partial charge in [-0.15, -0.1) is 0 Å². The van der Waals surface area contributed by atoms with Crippen LogP contribution in [-0.2, 0) is 9.53 Å². The summed E-state index contributed by atoms with van der Waals surface area (Å²) in [6, 6.07) is 5.61. The fraction of sp³-hybridized carbons (Fsp3) is 0.533. The predicted molar refractivity (Wildman–Crippen MR) is 81.3 cm³/mol. The molecule has 5 heteroatoms. The first-order valence-electron chi connectivity index (χ1n) is 6.88. The number of rotatable bonds is 3. The fourth-order valence-electron chi connectivity index (χ4n) is 2.53. The van der Waals surface area contributed by atoms with E-state index >= 15 is 0 Å². The molecule has 1 N–H and O–H groups in total. The minimum atomic E-state index is -0.0444. The van der Waals surface area contributed by atoms with Crippen molar-refractivity contribution in [2.45, 2.75) is 33.0 Å². The first kappa shape index (κ1) is 15.3. The Morgan fingerprint density at radius 3 is 2.65 bits per heavy atom. The molecule has 1 saturated heterocycles. The van der Waals surface area contributed by atoms with Crippen molar-refractivity contribution in [2.24, 2.45) is 0 Å². The number of carbonyl (C=O) groups excluding carboxylic acids is 1. The second-order valence-electron chi connectivity index (χ2n) is 5.48. The molecule has 1 aliphatic heterocycles. The number of nitrogens with one attached hydrogen (secondary N) is 1. The number of hydrogen-bond acceptors (Lipinski definition) is 3. The maximum absolute atomic E-state index is 12.1. The Balaban J connectivity index is 1.92. The van der Waals surface area contributed by atoms with Gasteiger partial charge in [-0.2, -0.15) is 0 Å². The van der Waals surface area contributed by atoms with E-state index in [1.807, 2.05) is 39.0 Å². The van der Waals surface area contributed by atoms with Crippen molar-refractivity contribution < 1.29 is 9.53 Å². The minimum Gasteiger partial charge on any atom is -0.373 e. The molecule has 1 heterocycles.